The molecule has 1 aromatic carbocycles. The number of aryl methyl sites for hydroxylation is 2. The van der Waals surface area contributed by atoms with E-state index in [0.717, 1.165) is 18.7 Å². The zero-order valence-corrected chi connectivity index (χ0v) is 11.3. The first-order chi connectivity index (χ1) is 8.17. The van der Waals surface area contributed by atoms with Crippen LogP contribution in [-0.4, -0.2) is 12.6 Å². The molecule has 1 N–H and O–H groups in total. The van der Waals surface area contributed by atoms with E-state index in [2.05, 4.69) is 45.1 Å². The van der Waals surface area contributed by atoms with Crippen LogP contribution in [0.25, 0.3) is 0 Å². The lowest BCUT2D eigenvalue weighted by Gasteiger charge is -2.19. The van der Waals surface area contributed by atoms with Crippen LogP contribution < -0.4 is 10.1 Å². The highest BCUT2D eigenvalue weighted by molar-refractivity contribution is 5.46. The van der Waals surface area contributed by atoms with Crippen molar-refractivity contribution in [2.75, 3.05) is 6.54 Å². The van der Waals surface area contributed by atoms with Crippen molar-refractivity contribution in [1.29, 1.82) is 0 Å². The predicted octanol–water partition coefficient (Wildman–Crippen LogP) is 3.52. The lowest BCUT2D eigenvalue weighted by atomic mass is 9.97. The molecule has 0 fully saturated rings. The molecule has 1 aliphatic rings. The maximum atomic E-state index is 6.09. The quantitative estimate of drug-likeness (QED) is 0.859. The van der Waals surface area contributed by atoms with Gasteiger partial charge in [-0.2, -0.15) is 0 Å². The Morgan fingerprint density at radius 2 is 1.88 bits per heavy atom. The Hall–Kier alpha value is -1.02. The van der Waals surface area contributed by atoms with E-state index in [1.165, 1.54) is 23.1 Å². The van der Waals surface area contributed by atoms with Crippen molar-refractivity contribution in [2.45, 2.75) is 52.7 Å². The SMILES string of the molecule is CCCC1Oc2cc(C)c(C)cc2C1NCC. The second-order valence-corrected chi connectivity index (χ2v) is 4.95. The van der Waals surface area contributed by atoms with Crippen molar-refractivity contribution in [1.82, 2.24) is 5.32 Å². The van der Waals surface area contributed by atoms with E-state index in [4.69, 9.17) is 4.74 Å². The monoisotopic (exact) mass is 233 g/mol. The summed E-state index contributed by atoms with van der Waals surface area (Å²) >= 11 is 0. The van der Waals surface area contributed by atoms with Gasteiger partial charge in [0.25, 0.3) is 0 Å². The first kappa shape index (κ1) is 12.4. The average molecular weight is 233 g/mol. The topological polar surface area (TPSA) is 21.3 Å². The molecule has 1 aromatic rings. The third-order valence-electron chi connectivity index (χ3n) is 3.61. The molecule has 0 aliphatic carbocycles. The molecule has 2 heteroatoms. The Morgan fingerprint density at radius 1 is 1.18 bits per heavy atom. The van der Waals surface area contributed by atoms with Gasteiger partial charge in [-0.3, -0.25) is 0 Å². The summed E-state index contributed by atoms with van der Waals surface area (Å²) in [5.41, 5.74) is 4.01. The summed E-state index contributed by atoms with van der Waals surface area (Å²) in [5.74, 6) is 1.08. The fourth-order valence-electron chi connectivity index (χ4n) is 2.56. The summed E-state index contributed by atoms with van der Waals surface area (Å²) in [6, 6.07) is 4.84. The summed E-state index contributed by atoms with van der Waals surface area (Å²) < 4.78 is 6.09. The largest absolute Gasteiger partial charge is 0.488 e. The van der Waals surface area contributed by atoms with Gasteiger partial charge in [0.1, 0.15) is 11.9 Å². The number of benzene rings is 1. The smallest absolute Gasteiger partial charge is 0.125 e. The van der Waals surface area contributed by atoms with Gasteiger partial charge in [0, 0.05) is 5.56 Å². The minimum absolute atomic E-state index is 0.302. The van der Waals surface area contributed by atoms with E-state index < -0.39 is 0 Å². The van der Waals surface area contributed by atoms with Crippen molar-refractivity contribution in [2.24, 2.45) is 0 Å². The van der Waals surface area contributed by atoms with Crippen molar-refractivity contribution in [3.8, 4) is 5.75 Å². The molecule has 1 aliphatic heterocycles. The van der Waals surface area contributed by atoms with Gasteiger partial charge in [-0.25, -0.2) is 0 Å². The lowest BCUT2D eigenvalue weighted by Crippen LogP contribution is -2.30. The molecule has 0 spiro atoms. The Bertz CT molecular complexity index is 400. The fourth-order valence-corrected chi connectivity index (χ4v) is 2.56. The summed E-state index contributed by atoms with van der Waals surface area (Å²) in [7, 11) is 0. The third-order valence-corrected chi connectivity index (χ3v) is 3.61. The van der Waals surface area contributed by atoms with Crippen LogP contribution in [0.3, 0.4) is 0 Å². The van der Waals surface area contributed by atoms with Gasteiger partial charge >= 0.3 is 0 Å². The molecular formula is C15H23NO. The van der Waals surface area contributed by atoms with Crippen LogP contribution in [0.15, 0.2) is 12.1 Å². The highest BCUT2D eigenvalue weighted by atomic mass is 16.5. The third kappa shape index (κ3) is 2.32. The maximum absolute atomic E-state index is 6.09. The normalized spacial score (nSPS) is 22.4. The van der Waals surface area contributed by atoms with Crippen molar-refractivity contribution in [3.63, 3.8) is 0 Å². The highest BCUT2D eigenvalue weighted by Crippen LogP contribution is 2.39. The Morgan fingerprint density at radius 3 is 2.53 bits per heavy atom. The van der Waals surface area contributed by atoms with E-state index in [1.807, 2.05) is 0 Å². The van der Waals surface area contributed by atoms with E-state index in [-0.39, 0.29) is 0 Å². The van der Waals surface area contributed by atoms with Crippen LogP contribution in [0.4, 0.5) is 0 Å². The van der Waals surface area contributed by atoms with Crippen LogP contribution in [0.5, 0.6) is 5.75 Å². The molecule has 94 valence electrons. The average Bonchev–Trinajstić information content (AvgIpc) is 2.59. The second kappa shape index (κ2) is 5.09. The van der Waals surface area contributed by atoms with Crippen molar-refractivity contribution < 1.29 is 4.74 Å². The number of fused-ring (bicyclic) bond motifs is 1. The number of ether oxygens (including phenoxy) is 1. The number of rotatable bonds is 4. The number of hydrogen-bond donors (Lipinski definition) is 1. The van der Waals surface area contributed by atoms with Gasteiger partial charge in [-0.1, -0.05) is 26.3 Å². The molecule has 2 nitrogen and oxygen atoms in total. The molecule has 2 rings (SSSR count). The number of hydrogen-bond acceptors (Lipinski definition) is 2. The van der Waals surface area contributed by atoms with Gasteiger partial charge in [-0.05, 0) is 44.0 Å². The molecule has 17 heavy (non-hydrogen) atoms. The molecule has 0 amide bonds. The molecule has 2 unspecified atom stereocenters. The van der Waals surface area contributed by atoms with Crippen LogP contribution in [-0.2, 0) is 0 Å². The van der Waals surface area contributed by atoms with Crippen LogP contribution in [0.2, 0.25) is 0 Å². The zero-order chi connectivity index (χ0) is 12.4. The van der Waals surface area contributed by atoms with Gasteiger partial charge in [-0.15, -0.1) is 0 Å². The maximum Gasteiger partial charge on any atom is 0.125 e. The number of likely N-dealkylation sites (N-methyl/N-ethyl adjacent to an activating group) is 1. The first-order valence-electron chi connectivity index (χ1n) is 6.68. The molecule has 0 bridgehead atoms. The highest BCUT2D eigenvalue weighted by Gasteiger charge is 2.33. The van der Waals surface area contributed by atoms with Crippen LogP contribution >= 0.6 is 0 Å². The summed E-state index contributed by atoms with van der Waals surface area (Å²) in [4.78, 5) is 0. The van der Waals surface area contributed by atoms with E-state index in [9.17, 15) is 0 Å². The molecule has 2 atom stereocenters. The molecular weight excluding hydrogens is 210 g/mol. The predicted molar refractivity (Wildman–Crippen MR) is 71.7 cm³/mol. The van der Waals surface area contributed by atoms with Gasteiger partial charge < -0.3 is 10.1 Å². The van der Waals surface area contributed by atoms with Crippen molar-refractivity contribution >= 4 is 0 Å². The Labute approximate surface area is 104 Å². The summed E-state index contributed by atoms with van der Waals surface area (Å²) in [6.45, 7) is 9.68. The Kier molecular flexibility index (Phi) is 3.72. The Balaban J connectivity index is 2.32. The molecule has 0 saturated carbocycles. The molecule has 1 heterocycles. The van der Waals surface area contributed by atoms with E-state index in [0.29, 0.717) is 12.1 Å². The second-order valence-electron chi connectivity index (χ2n) is 4.95. The first-order valence-corrected chi connectivity index (χ1v) is 6.68. The fraction of sp³-hybridized carbons (Fsp3) is 0.600. The van der Waals surface area contributed by atoms with Gasteiger partial charge in [0.15, 0.2) is 0 Å². The summed E-state index contributed by atoms with van der Waals surface area (Å²) in [6.07, 6.45) is 2.58. The van der Waals surface area contributed by atoms with Gasteiger partial charge in [0.2, 0.25) is 0 Å². The molecule has 0 aromatic heterocycles. The standard InChI is InChI=1S/C15H23NO/c1-5-7-13-15(16-6-2)12-8-10(3)11(4)9-14(12)17-13/h8-9,13,15-16H,5-7H2,1-4H3. The number of nitrogens with one attached hydrogen (secondary N) is 1. The molecule has 0 saturated heterocycles. The van der Waals surface area contributed by atoms with Crippen molar-refractivity contribution in [3.05, 3.63) is 28.8 Å². The minimum atomic E-state index is 0.302. The van der Waals surface area contributed by atoms with Gasteiger partial charge in [0.05, 0.1) is 6.04 Å². The van der Waals surface area contributed by atoms with Crippen LogP contribution in [0, 0.1) is 13.8 Å². The lowest BCUT2D eigenvalue weighted by molar-refractivity contribution is 0.179. The van der Waals surface area contributed by atoms with Crippen LogP contribution in [0.1, 0.15) is 49.4 Å². The van der Waals surface area contributed by atoms with E-state index in [1.54, 1.807) is 0 Å². The summed E-state index contributed by atoms with van der Waals surface area (Å²) in [5, 5.41) is 3.56. The minimum Gasteiger partial charge on any atom is -0.488 e. The van der Waals surface area contributed by atoms with E-state index >= 15 is 0 Å². The zero-order valence-electron chi connectivity index (χ0n) is 11.3. The molecule has 0 radical (unpaired) electrons.